The summed E-state index contributed by atoms with van der Waals surface area (Å²) in [6.07, 6.45) is 2.12. The summed E-state index contributed by atoms with van der Waals surface area (Å²) in [5.74, 6) is 2.23. The van der Waals surface area contributed by atoms with Crippen molar-refractivity contribution in [2.45, 2.75) is 53.6 Å². The average Bonchev–Trinajstić information content (AvgIpc) is 2.83. The fourth-order valence-corrected chi connectivity index (χ4v) is 2.54. The number of ether oxygens (including phenoxy) is 1. The number of rotatable bonds is 9. The molecule has 0 bridgehead atoms. The maximum Gasteiger partial charge on any atom is 0.190 e. The molecule has 0 aliphatic heterocycles. The highest BCUT2D eigenvalue weighted by Gasteiger charge is 2.13. The summed E-state index contributed by atoms with van der Waals surface area (Å²) in [4.78, 5) is 4.25. The quantitative estimate of drug-likeness (QED) is 0.343. The Morgan fingerprint density at radius 3 is 2.42 bits per heavy atom. The minimum absolute atomic E-state index is 0. The third-order valence-electron chi connectivity index (χ3n) is 3.92. The molecule has 0 fully saturated rings. The van der Waals surface area contributed by atoms with Gasteiger partial charge in [-0.2, -0.15) is 0 Å². The maximum atomic E-state index is 5.76. The Morgan fingerprint density at radius 2 is 1.92 bits per heavy atom. The van der Waals surface area contributed by atoms with Gasteiger partial charge in [0.15, 0.2) is 5.96 Å². The van der Waals surface area contributed by atoms with Gasteiger partial charge in [0.2, 0.25) is 0 Å². The number of nitrogens with one attached hydrogen (secondary N) is 2. The highest BCUT2D eigenvalue weighted by Crippen LogP contribution is 2.12. The van der Waals surface area contributed by atoms with E-state index in [2.05, 4.69) is 34.6 Å². The molecule has 6 nitrogen and oxygen atoms in total. The van der Waals surface area contributed by atoms with E-state index in [1.54, 1.807) is 7.05 Å². The van der Waals surface area contributed by atoms with Gasteiger partial charge >= 0.3 is 0 Å². The Kier molecular flexibility index (Phi) is 12.1. The van der Waals surface area contributed by atoms with Crippen molar-refractivity contribution < 1.29 is 9.26 Å². The number of hydrogen-bond acceptors (Lipinski definition) is 4. The molecular weight excluding hydrogens is 419 g/mol. The Bertz CT molecular complexity index is 469. The molecule has 1 unspecified atom stereocenters. The van der Waals surface area contributed by atoms with Crippen LogP contribution in [0, 0.1) is 19.8 Å². The second-order valence-electron chi connectivity index (χ2n) is 6.00. The standard InChI is InChI=1S/C17H32N4O2.HI/c1-7-22-16(12(2)3)9-11-20-17(18-6)19-10-8-15-13(4)21-23-14(15)5;/h12,16H,7-11H2,1-6H3,(H2,18,19,20);1H. The van der Waals surface area contributed by atoms with Gasteiger partial charge in [-0.05, 0) is 39.5 Å². The van der Waals surface area contributed by atoms with E-state index in [0.29, 0.717) is 5.92 Å². The highest BCUT2D eigenvalue weighted by molar-refractivity contribution is 14.0. The molecular formula is C17H33IN4O2. The Hall–Kier alpha value is -0.830. The molecule has 0 aliphatic rings. The van der Waals surface area contributed by atoms with Gasteiger partial charge in [0.05, 0.1) is 11.8 Å². The van der Waals surface area contributed by atoms with Gasteiger partial charge in [0.25, 0.3) is 0 Å². The van der Waals surface area contributed by atoms with Crippen LogP contribution in [-0.2, 0) is 11.2 Å². The predicted molar refractivity (Wildman–Crippen MR) is 109 cm³/mol. The molecule has 1 aromatic rings. The lowest BCUT2D eigenvalue weighted by Gasteiger charge is -2.21. The van der Waals surface area contributed by atoms with Crippen LogP contribution in [0.15, 0.2) is 9.52 Å². The van der Waals surface area contributed by atoms with Crippen molar-refractivity contribution in [2.24, 2.45) is 10.9 Å². The van der Waals surface area contributed by atoms with Gasteiger partial charge < -0.3 is 19.9 Å². The van der Waals surface area contributed by atoms with Crippen molar-refractivity contribution in [3.8, 4) is 0 Å². The summed E-state index contributed by atoms with van der Waals surface area (Å²) in [6, 6.07) is 0. The van der Waals surface area contributed by atoms with Crippen molar-refractivity contribution >= 4 is 29.9 Å². The zero-order valence-corrected chi connectivity index (χ0v) is 18.1. The normalized spacial score (nSPS) is 12.9. The van der Waals surface area contributed by atoms with E-state index in [9.17, 15) is 0 Å². The van der Waals surface area contributed by atoms with Crippen LogP contribution in [0.3, 0.4) is 0 Å². The minimum atomic E-state index is 0. The summed E-state index contributed by atoms with van der Waals surface area (Å²) in [5.41, 5.74) is 2.13. The van der Waals surface area contributed by atoms with E-state index >= 15 is 0 Å². The molecule has 1 rings (SSSR count). The van der Waals surface area contributed by atoms with Gasteiger partial charge in [-0.25, -0.2) is 0 Å². The monoisotopic (exact) mass is 452 g/mol. The zero-order valence-electron chi connectivity index (χ0n) is 15.8. The van der Waals surface area contributed by atoms with Gasteiger partial charge in [-0.1, -0.05) is 19.0 Å². The summed E-state index contributed by atoms with van der Waals surface area (Å²) < 4.78 is 10.9. The van der Waals surface area contributed by atoms with Crippen LogP contribution in [-0.4, -0.2) is 44.0 Å². The maximum absolute atomic E-state index is 5.76. The summed E-state index contributed by atoms with van der Waals surface area (Å²) >= 11 is 0. The van der Waals surface area contributed by atoms with Gasteiger partial charge in [-0.15, -0.1) is 24.0 Å². The first kappa shape index (κ1) is 23.2. The predicted octanol–water partition coefficient (Wildman–Crippen LogP) is 3.07. The van der Waals surface area contributed by atoms with E-state index in [-0.39, 0.29) is 30.1 Å². The van der Waals surface area contributed by atoms with Gasteiger partial charge in [0, 0.05) is 32.3 Å². The molecule has 0 saturated heterocycles. The molecule has 1 heterocycles. The molecule has 0 amide bonds. The first-order valence-corrected chi connectivity index (χ1v) is 8.47. The Labute approximate surface area is 163 Å². The molecule has 1 atom stereocenters. The average molecular weight is 452 g/mol. The van der Waals surface area contributed by atoms with Crippen LogP contribution >= 0.6 is 24.0 Å². The van der Waals surface area contributed by atoms with Crippen LogP contribution in [0.1, 0.15) is 44.2 Å². The van der Waals surface area contributed by atoms with Crippen LogP contribution in [0.2, 0.25) is 0 Å². The lowest BCUT2D eigenvalue weighted by atomic mass is 10.0. The Morgan fingerprint density at radius 1 is 1.25 bits per heavy atom. The smallest absolute Gasteiger partial charge is 0.190 e. The minimum Gasteiger partial charge on any atom is -0.378 e. The molecule has 0 saturated carbocycles. The number of hydrogen-bond donors (Lipinski definition) is 2. The van der Waals surface area contributed by atoms with Crippen LogP contribution in [0.4, 0.5) is 0 Å². The second-order valence-corrected chi connectivity index (χ2v) is 6.00. The lowest BCUT2D eigenvalue weighted by Crippen LogP contribution is -2.40. The molecule has 2 N–H and O–H groups in total. The number of nitrogens with zero attached hydrogens (tertiary/aromatic N) is 2. The fraction of sp³-hybridized carbons (Fsp3) is 0.765. The SMILES string of the molecule is CCOC(CCNC(=NC)NCCc1c(C)noc1C)C(C)C.I. The van der Waals surface area contributed by atoms with Crippen molar-refractivity contribution in [1.29, 1.82) is 0 Å². The molecule has 24 heavy (non-hydrogen) atoms. The number of aryl methyl sites for hydroxylation is 2. The number of halogens is 1. The summed E-state index contributed by atoms with van der Waals surface area (Å²) in [7, 11) is 1.79. The van der Waals surface area contributed by atoms with Gasteiger partial charge in [-0.3, -0.25) is 4.99 Å². The first-order valence-electron chi connectivity index (χ1n) is 8.47. The van der Waals surface area contributed by atoms with Crippen LogP contribution in [0.5, 0.6) is 0 Å². The number of aromatic nitrogens is 1. The molecule has 0 radical (unpaired) electrons. The molecule has 0 aliphatic carbocycles. The van der Waals surface area contributed by atoms with Crippen molar-refractivity contribution in [3.05, 3.63) is 17.0 Å². The van der Waals surface area contributed by atoms with Gasteiger partial charge in [0.1, 0.15) is 5.76 Å². The molecule has 140 valence electrons. The lowest BCUT2D eigenvalue weighted by molar-refractivity contribution is 0.0258. The first-order chi connectivity index (χ1) is 11.0. The molecule has 0 aromatic carbocycles. The molecule has 1 aromatic heterocycles. The van der Waals surface area contributed by atoms with E-state index in [1.807, 2.05) is 20.8 Å². The third kappa shape index (κ3) is 7.83. The van der Waals surface area contributed by atoms with E-state index in [1.165, 1.54) is 5.56 Å². The van der Waals surface area contributed by atoms with E-state index in [0.717, 1.165) is 50.0 Å². The van der Waals surface area contributed by atoms with E-state index < -0.39 is 0 Å². The van der Waals surface area contributed by atoms with Crippen molar-refractivity contribution in [2.75, 3.05) is 26.7 Å². The van der Waals surface area contributed by atoms with Crippen molar-refractivity contribution in [1.82, 2.24) is 15.8 Å². The molecule has 7 heteroatoms. The summed E-state index contributed by atoms with van der Waals surface area (Å²) in [5, 5.41) is 10.6. The van der Waals surface area contributed by atoms with Crippen LogP contribution in [0.25, 0.3) is 0 Å². The topological polar surface area (TPSA) is 71.7 Å². The highest BCUT2D eigenvalue weighted by atomic mass is 127. The zero-order chi connectivity index (χ0) is 17.2. The second kappa shape index (κ2) is 12.5. The van der Waals surface area contributed by atoms with Crippen molar-refractivity contribution in [3.63, 3.8) is 0 Å². The van der Waals surface area contributed by atoms with Crippen LogP contribution < -0.4 is 10.6 Å². The fourth-order valence-electron chi connectivity index (χ4n) is 2.54. The third-order valence-corrected chi connectivity index (χ3v) is 3.92. The summed E-state index contributed by atoms with van der Waals surface area (Å²) in [6.45, 7) is 12.7. The van der Waals surface area contributed by atoms with E-state index in [4.69, 9.17) is 9.26 Å². The number of guanidine groups is 1. The Balaban J connectivity index is 0.00000529. The number of aliphatic imine (C=N–C) groups is 1. The largest absolute Gasteiger partial charge is 0.378 e. The molecule has 0 spiro atoms.